The fraction of sp³-hybridized carbons (Fsp3) is 0.100. The highest BCUT2D eigenvalue weighted by molar-refractivity contribution is 6.08. The van der Waals surface area contributed by atoms with Gasteiger partial charge < -0.3 is 14.8 Å². The molecule has 2 heterocycles. The van der Waals surface area contributed by atoms with Gasteiger partial charge in [-0.1, -0.05) is 54.6 Å². The first-order valence-electron chi connectivity index (χ1n) is 11.9. The number of anilines is 1. The number of methoxy groups -OCH3 is 1. The van der Waals surface area contributed by atoms with Gasteiger partial charge in [-0.25, -0.2) is 0 Å². The standard InChI is InChI=1S/C30H26N4O3/c1-36-26-13-5-11-24(16-26)29-28(20-34(33-29)19-22-8-3-2-4-9-22)30(35)32-25-12-6-14-27(17-25)37-21-23-10-7-15-31-18-23/h2-18,20H,19,21H2,1H3,(H,32,35). The lowest BCUT2D eigenvalue weighted by molar-refractivity contribution is 0.102. The molecule has 184 valence electrons. The summed E-state index contributed by atoms with van der Waals surface area (Å²) in [4.78, 5) is 17.6. The van der Waals surface area contributed by atoms with Crippen molar-refractivity contribution < 1.29 is 14.3 Å². The van der Waals surface area contributed by atoms with Crippen molar-refractivity contribution in [2.45, 2.75) is 13.2 Å². The van der Waals surface area contributed by atoms with Crippen molar-refractivity contribution in [1.29, 1.82) is 0 Å². The predicted octanol–water partition coefficient (Wildman–Crippen LogP) is 5.83. The Hall–Kier alpha value is -4.91. The van der Waals surface area contributed by atoms with Gasteiger partial charge >= 0.3 is 0 Å². The van der Waals surface area contributed by atoms with Gasteiger partial charge in [-0.2, -0.15) is 5.10 Å². The van der Waals surface area contributed by atoms with Crippen LogP contribution in [0.1, 0.15) is 21.5 Å². The lowest BCUT2D eigenvalue weighted by Crippen LogP contribution is -2.12. The Kier molecular flexibility index (Phi) is 7.22. The maximum Gasteiger partial charge on any atom is 0.259 e. The van der Waals surface area contributed by atoms with Crippen LogP contribution in [0.15, 0.2) is 110 Å². The summed E-state index contributed by atoms with van der Waals surface area (Å²) in [5, 5.41) is 7.76. The van der Waals surface area contributed by atoms with Crippen LogP contribution in [0.4, 0.5) is 5.69 Å². The van der Waals surface area contributed by atoms with Crippen molar-refractivity contribution in [3.63, 3.8) is 0 Å². The molecule has 0 aliphatic heterocycles. The summed E-state index contributed by atoms with van der Waals surface area (Å²) in [6.07, 6.45) is 5.26. The van der Waals surface area contributed by atoms with Crippen molar-refractivity contribution in [2.24, 2.45) is 0 Å². The van der Waals surface area contributed by atoms with Gasteiger partial charge in [-0.15, -0.1) is 0 Å². The second-order valence-corrected chi connectivity index (χ2v) is 8.44. The number of nitrogens with zero attached hydrogens (tertiary/aromatic N) is 3. The maximum atomic E-state index is 13.5. The minimum atomic E-state index is -0.262. The van der Waals surface area contributed by atoms with Crippen LogP contribution in [0.25, 0.3) is 11.3 Å². The number of carbonyl (C=O) groups excluding carboxylic acids is 1. The van der Waals surface area contributed by atoms with Crippen LogP contribution < -0.4 is 14.8 Å². The fourth-order valence-corrected chi connectivity index (χ4v) is 3.93. The first-order chi connectivity index (χ1) is 18.2. The van der Waals surface area contributed by atoms with E-state index < -0.39 is 0 Å². The average molecular weight is 491 g/mol. The molecular weight excluding hydrogens is 464 g/mol. The van der Waals surface area contributed by atoms with Gasteiger partial charge in [-0.3, -0.25) is 14.5 Å². The van der Waals surface area contributed by atoms with Crippen molar-refractivity contribution in [3.05, 3.63) is 126 Å². The Bertz CT molecular complexity index is 1480. The molecule has 5 aromatic rings. The Balaban J connectivity index is 1.39. The smallest absolute Gasteiger partial charge is 0.259 e. The quantitative estimate of drug-likeness (QED) is 0.281. The SMILES string of the molecule is COc1cccc(-c2nn(Cc3ccccc3)cc2C(=O)Nc2cccc(OCc3cccnc3)c2)c1. The lowest BCUT2D eigenvalue weighted by Gasteiger charge is -2.10. The molecule has 7 nitrogen and oxygen atoms in total. The molecule has 0 radical (unpaired) electrons. The molecule has 7 heteroatoms. The van der Waals surface area contributed by atoms with E-state index in [2.05, 4.69) is 10.3 Å². The molecule has 0 atom stereocenters. The molecule has 5 rings (SSSR count). The van der Waals surface area contributed by atoms with Crippen LogP contribution in [0.3, 0.4) is 0 Å². The molecule has 0 saturated heterocycles. The summed E-state index contributed by atoms with van der Waals surface area (Å²) in [6.45, 7) is 0.931. The van der Waals surface area contributed by atoms with E-state index in [1.165, 1.54) is 0 Å². The molecule has 0 unspecified atom stereocenters. The third-order valence-corrected chi connectivity index (χ3v) is 5.76. The Morgan fingerprint density at radius 3 is 2.51 bits per heavy atom. The second kappa shape index (κ2) is 11.2. The zero-order chi connectivity index (χ0) is 25.5. The number of rotatable bonds is 9. The van der Waals surface area contributed by atoms with E-state index in [-0.39, 0.29) is 5.91 Å². The van der Waals surface area contributed by atoms with Crippen molar-refractivity contribution in [2.75, 3.05) is 12.4 Å². The molecule has 0 aliphatic carbocycles. The van der Waals surface area contributed by atoms with Crippen molar-refractivity contribution in [1.82, 2.24) is 14.8 Å². The summed E-state index contributed by atoms with van der Waals surface area (Å²) in [7, 11) is 1.62. The van der Waals surface area contributed by atoms with E-state index >= 15 is 0 Å². The number of nitrogens with one attached hydrogen (secondary N) is 1. The second-order valence-electron chi connectivity index (χ2n) is 8.44. The van der Waals surface area contributed by atoms with Gasteiger partial charge in [0, 0.05) is 41.5 Å². The van der Waals surface area contributed by atoms with Crippen molar-refractivity contribution >= 4 is 11.6 Å². The molecule has 0 spiro atoms. The third-order valence-electron chi connectivity index (χ3n) is 5.76. The average Bonchev–Trinajstić information content (AvgIpc) is 3.37. The molecule has 3 aromatic carbocycles. The molecule has 0 fully saturated rings. The molecule has 1 amide bonds. The number of aromatic nitrogens is 3. The number of amides is 1. The van der Waals surface area contributed by atoms with E-state index in [0.717, 1.165) is 16.7 Å². The van der Waals surface area contributed by atoms with Gasteiger partial charge in [-0.05, 0) is 35.9 Å². The van der Waals surface area contributed by atoms with E-state index in [9.17, 15) is 4.79 Å². The minimum absolute atomic E-state index is 0.262. The van der Waals surface area contributed by atoms with E-state index in [1.54, 1.807) is 36.4 Å². The number of pyridine rings is 1. The van der Waals surface area contributed by atoms with E-state index in [1.807, 2.05) is 84.9 Å². The Morgan fingerprint density at radius 1 is 0.892 bits per heavy atom. The molecule has 1 N–H and O–H groups in total. The van der Waals surface area contributed by atoms with Crippen LogP contribution in [0.5, 0.6) is 11.5 Å². The Morgan fingerprint density at radius 2 is 1.70 bits per heavy atom. The molecule has 0 bridgehead atoms. The van der Waals surface area contributed by atoms with Gasteiger partial charge in [0.1, 0.15) is 23.8 Å². The highest BCUT2D eigenvalue weighted by atomic mass is 16.5. The third kappa shape index (κ3) is 6.02. The minimum Gasteiger partial charge on any atom is -0.497 e. The van der Waals surface area contributed by atoms with Gasteiger partial charge in [0.25, 0.3) is 5.91 Å². The summed E-state index contributed by atoms with van der Waals surface area (Å²) < 4.78 is 13.1. The molecule has 2 aromatic heterocycles. The van der Waals surface area contributed by atoms with E-state index in [0.29, 0.717) is 41.6 Å². The summed E-state index contributed by atoms with van der Waals surface area (Å²) in [6, 6.07) is 28.7. The largest absolute Gasteiger partial charge is 0.497 e. The van der Waals surface area contributed by atoms with Crippen molar-refractivity contribution in [3.8, 4) is 22.8 Å². The first-order valence-corrected chi connectivity index (χ1v) is 11.9. The molecule has 0 aliphatic rings. The van der Waals surface area contributed by atoms with E-state index in [4.69, 9.17) is 14.6 Å². The van der Waals surface area contributed by atoms with Crippen LogP contribution in [-0.4, -0.2) is 27.8 Å². The van der Waals surface area contributed by atoms with Crippen LogP contribution in [0, 0.1) is 0 Å². The summed E-state index contributed by atoms with van der Waals surface area (Å²) in [5.74, 6) is 1.08. The number of hydrogen-bond acceptors (Lipinski definition) is 5. The number of ether oxygens (including phenoxy) is 2. The van der Waals surface area contributed by atoms with Crippen LogP contribution in [-0.2, 0) is 13.2 Å². The number of benzene rings is 3. The predicted molar refractivity (Wildman–Crippen MR) is 143 cm³/mol. The summed E-state index contributed by atoms with van der Waals surface area (Å²) >= 11 is 0. The lowest BCUT2D eigenvalue weighted by atomic mass is 10.1. The number of hydrogen-bond donors (Lipinski definition) is 1. The zero-order valence-corrected chi connectivity index (χ0v) is 20.4. The highest BCUT2D eigenvalue weighted by Crippen LogP contribution is 2.27. The van der Waals surface area contributed by atoms with Crippen LogP contribution >= 0.6 is 0 Å². The van der Waals surface area contributed by atoms with Gasteiger partial charge in [0.05, 0.1) is 19.2 Å². The molecule has 37 heavy (non-hydrogen) atoms. The Labute approximate surface area is 215 Å². The van der Waals surface area contributed by atoms with Crippen LogP contribution in [0.2, 0.25) is 0 Å². The normalized spacial score (nSPS) is 10.6. The first kappa shape index (κ1) is 23.8. The highest BCUT2D eigenvalue weighted by Gasteiger charge is 2.19. The maximum absolute atomic E-state index is 13.5. The molecular formula is C30H26N4O3. The van der Waals surface area contributed by atoms with Gasteiger partial charge in [0.2, 0.25) is 0 Å². The summed E-state index contributed by atoms with van der Waals surface area (Å²) in [5.41, 5.74) is 4.52. The molecule has 0 saturated carbocycles. The fourth-order valence-electron chi connectivity index (χ4n) is 3.93. The number of carbonyl (C=O) groups is 1. The monoisotopic (exact) mass is 490 g/mol. The van der Waals surface area contributed by atoms with Gasteiger partial charge in [0.15, 0.2) is 0 Å². The zero-order valence-electron chi connectivity index (χ0n) is 20.4. The topological polar surface area (TPSA) is 78.3 Å².